The SMILES string of the molecule is COCCO/N=C1/Oc2ccccc2C1=O. The van der Waals surface area contributed by atoms with Gasteiger partial charge in [-0.3, -0.25) is 4.79 Å². The lowest BCUT2D eigenvalue weighted by molar-refractivity contribution is 0.0715. The maximum atomic E-state index is 11.7. The molecule has 84 valence electrons. The Morgan fingerprint density at radius 3 is 2.88 bits per heavy atom. The van der Waals surface area contributed by atoms with Gasteiger partial charge in [0.1, 0.15) is 12.4 Å². The first-order valence-electron chi connectivity index (χ1n) is 4.83. The zero-order valence-corrected chi connectivity index (χ0v) is 8.80. The number of para-hydroxylation sites is 1. The van der Waals surface area contributed by atoms with E-state index in [1.165, 1.54) is 0 Å². The summed E-state index contributed by atoms with van der Waals surface area (Å²) in [5.41, 5.74) is 0.511. The summed E-state index contributed by atoms with van der Waals surface area (Å²) in [5.74, 6) is 0.229. The minimum atomic E-state index is -0.256. The molecular formula is C11H11NO4. The van der Waals surface area contributed by atoms with Crippen molar-refractivity contribution in [1.29, 1.82) is 0 Å². The molecule has 5 nitrogen and oxygen atoms in total. The van der Waals surface area contributed by atoms with Crippen LogP contribution in [0.15, 0.2) is 29.4 Å². The number of hydrogen-bond acceptors (Lipinski definition) is 5. The number of benzene rings is 1. The molecule has 0 saturated carbocycles. The maximum Gasteiger partial charge on any atom is 0.304 e. The molecule has 1 aliphatic rings. The number of Topliss-reactive ketones (excluding diaryl/α,β-unsaturated/α-hetero) is 1. The van der Waals surface area contributed by atoms with Crippen molar-refractivity contribution >= 4 is 11.7 Å². The molecule has 0 bridgehead atoms. The van der Waals surface area contributed by atoms with Gasteiger partial charge in [-0.25, -0.2) is 0 Å². The molecule has 1 aliphatic heterocycles. The Morgan fingerprint density at radius 1 is 1.31 bits per heavy atom. The largest absolute Gasteiger partial charge is 0.433 e. The molecule has 0 atom stereocenters. The summed E-state index contributed by atoms with van der Waals surface area (Å²) in [4.78, 5) is 16.6. The zero-order chi connectivity index (χ0) is 11.4. The molecule has 0 saturated heterocycles. The molecule has 0 aromatic heterocycles. The van der Waals surface area contributed by atoms with Gasteiger partial charge in [-0.1, -0.05) is 12.1 Å². The third-order valence-electron chi connectivity index (χ3n) is 2.06. The average molecular weight is 221 g/mol. The number of ketones is 1. The molecule has 2 rings (SSSR count). The molecule has 0 spiro atoms. The predicted octanol–water partition coefficient (Wildman–Crippen LogP) is 1.24. The molecule has 5 heteroatoms. The smallest absolute Gasteiger partial charge is 0.304 e. The highest BCUT2D eigenvalue weighted by Crippen LogP contribution is 2.25. The van der Waals surface area contributed by atoms with Crippen molar-refractivity contribution in [3.05, 3.63) is 29.8 Å². The monoisotopic (exact) mass is 221 g/mol. The Hall–Kier alpha value is -1.88. The first-order valence-corrected chi connectivity index (χ1v) is 4.83. The van der Waals surface area contributed by atoms with Gasteiger partial charge in [-0.15, -0.1) is 0 Å². The minimum absolute atomic E-state index is 0.0303. The normalized spacial score (nSPS) is 16.1. The number of ether oxygens (including phenoxy) is 2. The van der Waals surface area contributed by atoms with E-state index in [4.69, 9.17) is 14.3 Å². The summed E-state index contributed by atoms with van der Waals surface area (Å²) in [6, 6.07) is 6.97. The van der Waals surface area contributed by atoms with Gasteiger partial charge in [0, 0.05) is 7.11 Å². The van der Waals surface area contributed by atoms with Crippen LogP contribution in [0, 0.1) is 0 Å². The van der Waals surface area contributed by atoms with Crippen LogP contribution in [-0.2, 0) is 9.57 Å². The minimum Gasteiger partial charge on any atom is -0.433 e. The fraction of sp³-hybridized carbons (Fsp3) is 0.273. The number of hydrogen-bond donors (Lipinski definition) is 0. The van der Waals surface area contributed by atoms with Crippen LogP contribution in [0.25, 0.3) is 0 Å². The van der Waals surface area contributed by atoms with Crippen molar-refractivity contribution in [3.63, 3.8) is 0 Å². The van der Waals surface area contributed by atoms with Gasteiger partial charge in [0.25, 0.3) is 5.78 Å². The first-order chi connectivity index (χ1) is 7.83. The molecule has 1 heterocycles. The van der Waals surface area contributed by atoms with E-state index in [0.717, 1.165) is 0 Å². The summed E-state index contributed by atoms with van der Waals surface area (Å²) in [6.07, 6.45) is 0. The van der Waals surface area contributed by atoms with E-state index in [0.29, 0.717) is 17.9 Å². The highest BCUT2D eigenvalue weighted by molar-refractivity contribution is 6.46. The summed E-state index contributed by atoms with van der Waals surface area (Å²) in [7, 11) is 1.56. The van der Waals surface area contributed by atoms with E-state index in [1.54, 1.807) is 31.4 Å². The maximum absolute atomic E-state index is 11.7. The van der Waals surface area contributed by atoms with Crippen molar-refractivity contribution in [2.24, 2.45) is 5.16 Å². The van der Waals surface area contributed by atoms with Crippen LogP contribution >= 0.6 is 0 Å². The number of nitrogens with zero attached hydrogens (tertiary/aromatic N) is 1. The number of methoxy groups -OCH3 is 1. The lowest BCUT2D eigenvalue weighted by Gasteiger charge is -1.98. The molecule has 0 aliphatic carbocycles. The molecule has 0 unspecified atom stereocenters. The Balaban J connectivity index is 2.04. The van der Waals surface area contributed by atoms with Gasteiger partial charge in [0.05, 0.1) is 12.2 Å². The molecular weight excluding hydrogens is 210 g/mol. The fourth-order valence-corrected chi connectivity index (χ4v) is 1.29. The van der Waals surface area contributed by atoms with Crippen LogP contribution in [-0.4, -0.2) is 32.0 Å². The number of oxime groups is 1. The molecule has 16 heavy (non-hydrogen) atoms. The number of carbonyl (C=O) groups excluding carboxylic acids is 1. The van der Waals surface area contributed by atoms with E-state index in [2.05, 4.69) is 5.16 Å². The summed E-state index contributed by atoms with van der Waals surface area (Å²) in [5, 5.41) is 3.62. The van der Waals surface area contributed by atoms with Crippen molar-refractivity contribution < 1.29 is 19.1 Å². The molecule has 0 N–H and O–H groups in total. The molecule has 1 aromatic carbocycles. The summed E-state index contributed by atoms with van der Waals surface area (Å²) in [6.45, 7) is 0.699. The van der Waals surface area contributed by atoms with E-state index in [1.807, 2.05) is 0 Å². The van der Waals surface area contributed by atoms with Crippen molar-refractivity contribution in [2.75, 3.05) is 20.3 Å². The highest BCUT2D eigenvalue weighted by Gasteiger charge is 2.29. The zero-order valence-electron chi connectivity index (χ0n) is 8.80. The van der Waals surface area contributed by atoms with Crippen LogP contribution in [0.3, 0.4) is 0 Å². The van der Waals surface area contributed by atoms with Gasteiger partial charge < -0.3 is 14.3 Å². The van der Waals surface area contributed by atoms with E-state index >= 15 is 0 Å². The summed E-state index contributed by atoms with van der Waals surface area (Å²) >= 11 is 0. The van der Waals surface area contributed by atoms with Crippen LogP contribution in [0.2, 0.25) is 0 Å². The number of carbonyl (C=O) groups is 1. The number of rotatable bonds is 4. The van der Waals surface area contributed by atoms with Crippen LogP contribution < -0.4 is 4.74 Å². The van der Waals surface area contributed by atoms with Crippen LogP contribution in [0.4, 0.5) is 0 Å². The Labute approximate surface area is 92.6 Å². The van der Waals surface area contributed by atoms with E-state index < -0.39 is 0 Å². The average Bonchev–Trinajstić information content (AvgIpc) is 2.63. The lowest BCUT2D eigenvalue weighted by Crippen LogP contribution is -2.13. The van der Waals surface area contributed by atoms with E-state index in [-0.39, 0.29) is 18.3 Å². The fourth-order valence-electron chi connectivity index (χ4n) is 1.29. The molecule has 1 aromatic rings. The topological polar surface area (TPSA) is 57.1 Å². The third-order valence-corrected chi connectivity index (χ3v) is 2.06. The second kappa shape index (κ2) is 4.76. The van der Waals surface area contributed by atoms with E-state index in [9.17, 15) is 4.79 Å². The Morgan fingerprint density at radius 2 is 2.12 bits per heavy atom. The van der Waals surface area contributed by atoms with Gasteiger partial charge >= 0.3 is 5.90 Å². The third kappa shape index (κ3) is 2.04. The second-order valence-electron chi connectivity index (χ2n) is 3.15. The lowest BCUT2D eigenvalue weighted by atomic mass is 10.1. The highest BCUT2D eigenvalue weighted by atomic mass is 16.7. The van der Waals surface area contributed by atoms with Crippen molar-refractivity contribution in [2.45, 2.75) is 0 Å². The van der Waals surface area contributed by atoms with Gasteiger partial charge in [0.15, 0.2) is 0 Å². The molecule has 0 amide bonds. The van der Waals surface area contributed by atoms with Gasteiger partial charge in [-0.05, 0) is 17.3 Å². The molecule has 0 radical (unpaired) electrons. The second-order valence-corrected chi connectivity index (χ2v) is 3.15. The quantitative estimate of drug-likeness (QED) is 0.567. The van der Waals surface area contributed by atoms with Crippen molar-refractivity contribution in [3.8, 4) is 5.75 Å². The van der Waals surface area contributed by atoms with Crippen molar-refractivity contribution in [1.82, 2.24) is 0 Å². The van der Waals surface area contributed by atoms with Crippen LogP contribution in [0.1, 0.15) is 10.4 Å². The van der Waals surface area contributed by atoms with Gasteiger partial charge in [0.2, 0.25) is 0 Å². The summed E-state index contributed by atoms with van der Waals surface area (Å²) < 4.78 is 10.0. The standard InChI is InChI=1S/C11H11NO4/c1-14-6-7-15-12-11-10(13)8-4-2-3-5-9(8)16-11/h2-5H,6-7H2,1H3/b12-11+. The predicted molar refractivity (Wildman–Crippen MR) is 56.7 cm³/mol. The van der Waals surface area contributed by atoms with Gasteiger partial charge in [-0.2, -0.15) is 0 Å². The number of fused-ring (bicyclic) bond motifs is 1. The first kappa shape index (κ1) is 10.6. The van der Waals surface area contributed by atoms with Crippen LogP contribution in [0.5, 0.6) is 5.75 Å². The molecule has 0 fully saturated rings. The Bertz CT molecular complexity index is 428. The Kier molecular flexibility index (Phi) is 3.16.